The Bertz CT molecular complexity index is 2050. The maximum absolute atomic E-state index is 15.0. The van der Waals surface area contributed by atoms with Crippen molar-refractivity contribution in [3.8, 4) is 11.5 Å². The van der Waals surface area contributed by atoms with Gasteiger partial charge in [-0.2, -0.15) is 74.6 Å². The molecule has 1 N–H and O–H groups in total. The highest BCUT2D eigenvalue weighted by Crippen LogP contribution is 2.64. The van der Waals surface area contributed by atoms with Gasteiger partial charge in [-0.05, 0) is 78.5 Å². The number of hydrogen-bond donors (Lipinski definition) is 1. The summed E-state index contributed by atoms with van der Waals surface area (Å²) >= 11 is 0. The van der Waals surface area contributed by atoms with Crippen LogP contribution in [0.5, 0.6) is 11.5 Å². The number of hydrogen-bond acceptors (Lipinski definition) is 7. The van der Waals surface area contributed by atoms with Gasteiger partial charge >= 0.3 is 59.7 Å². The molecule has 0 aliphatic heterocycles. The minimum atomic E-state index is -8.70. The van der Waals surface area contributed by atoms with Gasteiger partial charge in [-0.25, -0.2) is 9.59 Å². The van der Waals surface area contributed by atoms with Crippen molar-refractivity contribution in [2.75, 3.05) is 32.2 Å². The number of methoxy groups -OCH3 is 1. The lowest BCUT2D eigenvalue weighted by Crippen LogP contribution is -2.74. The number of esters is 1. The van der Waals surface area contributed by atoms with Gasteiger partial charge < -0.3 is 23.4 Å². The van der Waals surface area contributed by atoms with E-state index in [9.17, 15) is 75.4 Å². The van der Waals surface area contributed by atoms with Crippen LogP contribution in [0.1, 0.15) is 66.6 Å². The Morgan fingerprint density at radius 3 is 1.61 bits per heavy atom. The third-order valence-electron chi connectivity index (χ3n) is 10.8. The molecule has 0 radical (unpaired) electrons. The Balaban J connectivity index is 2.33. The van der Waals surface area contributed by atoms with E-state index in [1.54, 1.807) is 57.2 Å². The molecule has 2 atom stereocenters. The lowest BCUT2D eigenvalue weighted by Gasteiger charge is -2.44. The molecule has 0 saturated carbocycles. The van der Waals surface area contributed by atoms with E-state index in [1.807, 2.05) is 0 Å². The zero-order chi connectivity index (χ0) is 53.4. The minimum Gasteiger partial charge on any atom is -0.497 e. The molecule has 8 nitrogen and oxygen atoms in total. The molecule has 0 fully saturated rings. The summed E-state index contributed by atoms with van der Waals surface area (Å²) in [6.45, 7) is 9.41. The molecule has 0 aromatic heterocycles. The molecule has 0 spiro atoms. The van der Waals surface area contributed by atoms with Crippen LogP contribution in [0.25, 0.3) is 0 Å². The van der Waals surface area contributed by atoms with Crippen LogP contribution in [-0.4, -0.2) is 94.9 Å². The van der Waals surface area contributed by atoms with Crippen LogP contribution in [0.4, 0.5) is 85.1 Å². The van der Waals surface area contributed by atoms with E-state index in [-0.39, 0.29) is 12.4 Å². The zero-order valence-electron chi connectivity index (χ0n) is 38.0. The van der Waals surface area contributed by atoms with E-state index in [2.05, 4.69) is 5.32 Å². The number of benzene rings is 2. The van der Waals surface area contributed by atoms with Crippen molar-refractivity contribution in [3.05, 3.63) is 77.9 Å². The fraction of sp³-hybridized carbons (Fsp3) is 0.581. The van der Waals surface area contributed by atoms with E-state index < -0.39 is 117 Å². The number of carbonyl (C=O) groups excluding carboxylic acids is 2. The van der Waals surface area contributed by atoms with E-state index in [0.717, 1.165) is 0 Å². The Morgan fingerprint density at radius 1 is 0.667 bits per heavy atom. The molecule has 0 saturated heterocycles. The van der Waals surface area contributed by atoms with Gasteiger partial charge in [-0.3, -0.25) is 5.32 Å². The van der Waals surface area contributed by atoms with Crippen molar-refractivity contribution < 1.29 is 108 Å². The van der Waals surface area contributed by atoms with Crippen LogP contribution in [0.2, 0.25) is 17.1 Å². The number of amides is 1. The molecule has 69 heavy (non-hydrogen) atoms. The Labute approximate surface area is 386 Å². The van der Waals surface area contributed by atoms with Gasteiger partial charge in [0.05, 0.1) is 20.3 Å². The van der Waals surface area contributed by atoms with Crippen LogP contribution in [0.3, 0.4) is 0 Å². The van der Waals surface area contributed by atoms with Gasteiger partial charge in [0.1, 0.15) is 24.2 Å². The quantitative estimate of drug-likeness (QED) is 0.0264. The average Bonchev–Trinajstić information content (AvgIpc) is 3.24. The molecule has 2 aromatic carbocycles. The number of anilines is 1. The number of allylic oxidation sites excluding steroid dienone is 2. The molecule has 26 heteroatoms. The van der Waals surface area contributed by atoms with Gasteiger partial charge in [0.15, 0.2) is 8.32 Å². The summed E-state index contributed by atoms with van der Waals surface area (Å²) in [7, 11) is -2.57. The van der Waals surface area contributed by atoms with E-state index in [0.29, 0.717) is 22.6 Å². The van der Waals surface area contributed by atoms with Crippen molar-refractivity contribution in [2.24, 2.45) is 5.92 Å². The third kappa shape index (κ3) is 13.0. The van der Waals surface area contributed by atoms with Gasteiger partial charge in [-0.15, -0.1) is 0 Å². The molecule has 0 bridgehead atoms. The molecule has 2 aromatic rings. The molecule has 0 aliphatic carbocycles. The molecule has 2 rings (SSSR count). The van der Waals surface area contributed by atoms with Crippen molar-refractivity contribution in [1.82, 2.24) is 0 Å². The summed E-state index contributed by atoms with van der Waals surface area (Å²) in [5.41, 5.74) is -0.513. The summed E-state index contributed by atoms with van der Waals surface area (Å²) < 4.78 is 264. The number of rotatable bonds is 25. The molecule has 0 unspecified atom stereocenters. The summed E-state index contributed by atoms with van der Waals surface area (Å²) in [5, 5.41) is 2.59. The molecule has 0 heterocycles. The predicted molar refractivity (Wildman–Crippen MR) is 218 cm³/mol. The zero-order valence-corrected chi connectivity index (χ0v) is 39.0. The van der Waals surface area contributed by atoms with Crippen LogP contribution >= 0.6 is 0 Å². The van der Waals surface area contributed by atoms with Crippen molar-refractivity contribution >= 4 is 26.1 Å². The average molecular weight is 1040 g/mol. The first-order valence-corrected chi connectivity index (χ1v) is 22.8. The van der Waals surface area contributed by atoms with Gasteiger partial charge in [0.25, 0.3) is 0 Å². The summed E-state index contributed by atoms with van der Waals surface area (Å²) in [6, 6.07) is 10.8. The standard InChI is InChI=1S/C43H50F17NO7Si/c1-9-65-33(62)24-27(6)10-11-28(7)34(68-35(63)61-30-14-18-31(64-8)19-15-30)29-12-16-32(17-13-29)66-21-22-67-69(25(2)3,26(4)5)23-20-36(44,45)37(46,47)38(48,49)39(50,51)40(52,53)41(54,55)42(56,57)43(58,59)60/h10-19,24-26,28,34H,9,20-23H2,1-8H3,(H,61,63)/b11-10+,27-24+/t28-,34+/m0/s1. The second kappa shape index (κ2) is 22.6. The van der Waals surface area contributed by atoms with Gasteiger partial charge in [0, 0.05) is 24.1 Å². The highest BCUT2D eigenvalue weighted by Gasteiger charge is 2.95. The molecular weight excluding hydrogens is 994 g/mol. The van der Waals surface area contributed by atoms with Crippen molar-refractivity contribution in [1.29, 1.82) is 0 Å². The largest absolute Gasteiger partial charge is 0.497 e. The number of alkyl halides is 17. The Kier molecular flexibility index (Phi) is 19.7. The number of nitrogens with one attached hydrogen (secondary N) is 1. The summed E-state index contributed by atoms with van der Waals surface area (Å²) in [6.07, 6.45) is -7.76. The molecule has 0 aliphatic rings. The highest BCUT2D eigenvalue weighted by atomic mass is 28.4. The Morgan fingerprint density at radius 2 is 1.14 bits per heavy atom. The lowest BCUT2D eigenvalue weighted by molar-refractivity contribution is -0.461. The first-order chi connectivity index (χ1) is 31.3. The fourth-order valence-corrected chi connectivity index (χ4v) is 11.2. The maximum atomic E-state index is 15.0. The second-order valence-corrected chi connectivity index (χ2v) is 21.2. The van der Waals surface area contributed by atoms with E-state index >= 15 is 8.78 Å². The van der Waals surface area contributed by atoms with E-state index in [4.69, 9.17) is 23.4 Å². The van der Waals surface area contributed by atoms with Gasteiger partial charge in [0.2, 0.25) is 0 Å². The van der Waals surface area contributed by atoms with Crippen LogP contribution in [0, 0.1) is 5.92 Å². The monoisotopic (exact) mass is 1040 g/mol. The highest BCUT2D eigenvalue weighted by molar-refractivity contribution is 6.76. The lowest BCUT2D eigenvalue weighted by atomic mass is 9.88. The Hall–Kier alpha value is -4.75. The van der Waals surface area contributed by atoms with E-state index in [1.165, 1.54) is 65.1 Å². The normalized spacial score (nSPS) is 15.1. The van der Waals surface area contributed by atoms with Crippen LogP contribution in [0.15, 0.2) is 72.3 Å². The van der Waals surface area contributed by atoms with Gasteiger partial charge in [-0.1, -0.05) is 58.9 Å². The topological polar surface area (TPSA) is 92.3 Å². The molecule has 1 amide bonds. The van der Waals surface area contributed by atoms with Crippen LogP contribution in [-0.2, 0) is 18.7 Å². The summed E-state index contributed by atoms with van der Waals surface area (Å²) in [4.78, 5) is 24.9. The summed E-state index contributed by atoms with van der Waals surface area (Å²) in [5.74, 6) is -57.4. The SMILES string of the molecule is CCOC(=O)/C=C(C)/C=C/[C@H](C)[C@@H](OC(=O)Nc1ccc(OC)cc1)c1ccc(OCCO[Si](CCC(F)(F)C(F)(F)C(F)(F)C(F)(F)C(F)(F)C(F)(F)C(F)(F)C(F)(F)F)(C(C)C)C(C)C)cc1. The second-order valence-electron chi connectivity index (χ2n) is 16.2. The number of carbonyl (C=O) groups is 2. The predicted octanol–water partition coefficient (Wildman–Crippen LogP) is 14.2. The first kappa shape index (κ1) is 60.4. The smallest absolute Gasteiger partial charge is 0.460 e. The van der Waals surface area contributed by atoms with Crippen molar-refractivity contribution in [2.45, 2.75) is 126 Å². The minimum absolute atomic E-state index is 0.117. The molecule has 392 valence electrons. The third-order valence-corrected chi connectivity index (χ3v) is 16.5. The first-order valence-electron chi connectivity index (χ1n) is 20.6. The van der Waals surface area contributed by atoms with Crippen LogP contribution < -0.4 is 14.8 Å². The number of halogens is 17. The van der Waals surface area contributed by atoms with Crippen molar-refractivity contribution in [3.63, 3.8) is 0 Å². The fourth-order valence-electron chi connectivity index (χ4n) is 6.74. The molecular formula is C43H50F17NO7Si. The number of ether oxygens (including phenoxy) is 4. The maximum Gasteiger partial charge on any atom is 0.460 e.